The topological polar surface area (TPSA) is 49.8 Å². The molecule has 2 aliphatic heterocycles. The lowest BCUT2D eigenvalue weighted by Crippen LogP contribution is -2.41. The zero-order chi connectivity index (χ0) is 23.1. The van der Waals surface area contributed by atoms with Crippen molar-refractivity contribution < 1.29 is 14.6 Å². The van der Waals surface area contributed by atoms with E-state index in [1.54, 1.807) is 0 Å². The number of carbonyl (C=O) groups is 1. The van der Waals surface area contributed by atoms with Crippen LogP contribution in [-0.4, -0.2) is 35.2 Å². The van der Waals surface area contributed by atoms with Gasteiger partial charge < -0.3 is 9.84 Å². The highest BCUT2D eigenvalue weighted by molar-refractivity contribution is 5.83. The lowest BCUT2D eigenvalue weighted by Gasteiger charge is -2.39. The smallest absolute Gasteiger partial charge is 0.307 e. The van der Waals surface area contributed by atoms with Crippen molar-refractivity contribution in [3.8, 4) is 16.9 Å². The molecular formula is C29H37NO3. The Kier molecular flexibility index (Phi) is 6.22. The number of rotatable bonds is 4. The average molecular weight is 448 g/mol. The molecule has 0 amide bonds. The SMILES string of the molecule is Cc1c(-c2c(C)c3c(c(C)c2CC(=O)O)CCN(C2CCCCC2)C3)ccc2c1CCCO2. The molecular weight excluding hydrogens is 410 g/mol. The number of ether oxygens (including phenoxy) is 1. The second-order valence-corrected chi connectivity index (χ2v) is 10.3. The van der Waals surface area contributed by atoms with E-state index >= 15 is 0 Å². The predicted molar refractivity (Wildman–Crippen MR) is 132 cm³/mol. The van der Waals surface area contributed by atoms with Crippen molar-refractivity contribution in [2.24, 2.45) is 0 Å². The summed E-state index contributed by atoms with van der Waals surface area (Å²) in [6.07, 6.45) is 9.90. The summed E-state index contributed by atoms with van der Waals surface area (Å²) in [5.41, 5.74) is 11.2. The van der Waals surface area contributed by atoms with Gasteiger partial charge in [0.05, 0.1) is 13.0 Å². The first-order chi connectivity index (χ1) is 16.0. The van der Waals surface area contributed by atoms with Crippen LogP contribution in [0, 0.1) is 20.8 Å². The molecule has 0 atom stereocenters. The maximum Gasteiger partial charge on any atom is 0.307 e. The molecule has 4 nitrogen and oxygen atoms in total. The Morgan fingerprint density at radius 1 is 0.970 bits per heavy atom. The average Bonchev–Trinajstić information content (AvgIpc) is 2.84. The van der Waals surface area contributed by atoms with Crippen LogP contribution in [0.3, 0.4) is 0 Å². The van der Waals surface area contributed by atoms with Gasteiger partial charge in [-0.05, 0) is 109 Å². The summed E-state index contributed by atoms with van der Waals surface area (Å²) >= 11 is 0. The first-order valence-corrected chi connectivity index (χ1v) is 12.8. The molecule has 2 heterocycles. The number of benzene rings is 2. The minimum absolute atomic E-state index is 0.0780. The summed E-state index contributed by atoms with van der Waals surface area (Å²) in [4.78, 5) is 14.6. The number of fused-ring (bicyclic) bond motifs is 2. The monoisotopic (exact) mass is 447 g/mol. The Balaban J connectivity index is 1.65. The summed E-state index contributed by atoms with van der Waals surface area (Å²) in [6.45, 7) is 9.46. The van der Waals surface area contributed by atoms with Gasteiger partial charge in [-0.1, -0.05) is 25.3 Å². The highest BCUT2D eigenvalue weighted by atomic mass is 16.5. The Morgan fingerprint density at radius 3 is 2.52 bits per heavy atom. The molecule has 0 aromatic heterocycles. The van der Waals surface area contributed by atoms with Crippen LogP contribution in [0.15, 0.2) is 12.1 Å². The predicted octanol–water partition coefficient (Wildman–Crippen LogP) is 5.92. The number of aliphatic carboxylic acids is 1. The van der Waals surface area contributed by atoms with E-state index < -0.39 is 5.97 Å². The van der Waals surface area contributed by atoms with Crippen LogP contribution in [0.25, 0.3) is 11.1 Å². The zero-order valence-corrected chi connectivity index (χ0v) is 20.4. The standard InChI is InChI=1S/C29H37NO3/c1-18-22-13-14-30(21-8-5-4-6-9-21)17-26(22)20(3)29(25(18)16-28(31)32)24-11-12-27-23(19(24)2)10-7-15-33-27/h11-12,21H,4-10,13-17H2,1-3H3,(H,31,32). The van der Waals surface area contributed by atoms with Crippen molar-refractivity contribution in [1.82, 2.24) is 4.90 Å². The second-order valence-electron chi connectivity index (χ2n) is 10.3. The molecule has 0 bridgehead atoms. The van der Waals surface area contributed by atoms with Gasteiger partial charge in [-0.3, -0.25) is 9.69 Å². The molecule has 0 spiro atoms. The van der Waals surface area contributed by atoms with Crippen molar-refractivity contribution >= 4 is 5.97 Å². The fourth-order valence-corrected chi connectivity index (χ4v) is 6.66. The molecule has 1 saturated carbocycles. The number of carboxylic acid groups (broad SMARTS) is 1. The Bertz CT molecular complexity index is 1080. The zero-order valence-electron chi connectivity index (χ0n) is 20.4. The molecule has 0 radical (unpaired) electrons. The molecule has 2 aromatic rings. The summed E-state index contributed by atoms with van der Waals surface area (Å²) < 4.78 is 5.91. The van der Waals surface area contributed by atoms with Gasteiger partial charge in [0.15, 0.2) is 0 Å². The quantitative estimate of drug-likeness (QED) is 0.632. The summed E-state index contributed by atoms with van der Waals surface area (Å²) in [7, 11) is 0. The van der Waals surface area contributed by atoms with E-state index in [1.165, 1.54) is 71.0 Å². The Hall–Kier alpha value is -2.33. The van der Waals surface area contributed by atoms with Gasteiger partial charge in [-0.2, -0.15) is 0 Å². The molecule has 5 rings (SSSR count). The molecule has 1 aliphatic carbocycles. The lowest BCUT2D eigenvalue weighted by atomic mass is 9.79. The van der Waals surface area contributed by atoms with Crippen LogP contribution >= 0.6 is 0 Å². The molecule has 2 aromatic carbocycles. The fourth-order valence-electron chi connectivity index (χ4n) is 6.66. The van der Waals surface area contributed by atoms with Gasteiger partial charge in [0.2, 0.25) is 0 Å². The Morgan fingerprint density at radius 2 is 1.76 bits per heavy atom. The van der Waals surface area contributed by atoms with E-state index in [2.05, 4.69) is 37.8 Å². The minimum Gasteiger partial charge on any atom is -0.493 e. The fraction of sp³-hybridized carbons (Fsp3) is 0.552. The van der Waals surface area contributed by atoms with E-state index in [9.17, 15) is 9.90 Å². The lowest BCUT2D eigenvalue weighted by molar-refractivity contribution is -0.136. The maximum absolute atomic E-state index is 11.9. The maximum atomic E-state index is 11.9. The highest BCUT2D eigenvalue weighted by Crippen LogP contribution is 2.42. The summed E-state index contributed by atoms with van der Waals surface area (Å²) in [6, 6.07) is 4.97. The van der Waals surface area contributed by atoms with Crippen LogP contribution in [0.4, 0.5) is 0 Å². The minimum atomic E-state index is -0.753. The molecule has 0 unspecified atom stereocenters. The Labute approximate surface area is 198 Å². The van der Waals surface area contributed by atoms with Crippen molar-refractivity contribution in [1.29, 1.82) is 0 Å². The summed E-state index contributed by atoms with van der Waals surface area (Å²) in [5.74, 6) is 0.246. The normalized spacial score (nSPS) is 19.0. The van der Waals surface area contributed by atoms with E-state index in [4.69, 9.17) is 4.74 Å². The van der Waals surface area contributed by atoms with Gasteiger partial charge in [0.1, 0.15) is 5.75 Å². The van der Waals surface area contributed by atoms with E-state index in [0.717, 1.165) is 55.8 Å². The third-order valence-corrected chi connectivity index (χ3v) is 8.48. The van der Waals surface area contributed by atoms with Crippen molar-refractivity contribution in [2.75, 3.05) is 13.2 Å². The number of hydrogen-bond acceptors (Lipinski definition) is 3. The molecule has 1 fully saturated rings. The van der Waals surface area contributed by atoms with Crippen LogP contribution in [0.5, 0.6) is 5.75 Å². The molecule has 1 N–H and O–H groups in total. The number of nitrogens with zero attached hydrogens (tertiary/aromatic N) is 1. The van der Waals surface area contributed by atoms with Gasteiger partial charge in [0.25, 0.3) is 0 Å². The van der Waals surface area contributed by atoms with E-state index in [-0.39, 0.29) is 6.42 Å². The third kappa shape index (κ3) is 4.07. The molecule has 0 saturated heterocycles. The van der Waals surface area contributed by atoms with E-state index in [0.29, 0.717) is 6.04 Å². The van der Waals surface area contributed by atoms with Gasteiger partial charge in [-0.15, -0.1) is 0 Å². The van der Waals surface area contributed by atoms with Crippen LogP contribution < -0.4 is 4.74 Å². The van der Waals surface area contributed by atoms with Crippen LogP contribution in [0.2, 0.25) is 0 Å². The molecule has 33 heavy (non-hydrogen) atoms. The number of hydrogen-bond donors (Lipinski definition) is 1. The van der Waals surface area contributed by atoms with Gasteiger partial charge in [0, 0.05) is 19.1 Å². The van der Waals surface area contributed by atoms with Crippen molar-refractivity contribution in [3.63, 3.8) is 0 Å². The van der Waals surface area contributed by atoms with Crippen molar-refractivity contribution in [3.05, 3.63) is 51.1 Å². The largest absolute Gasteiger partial charge is 0.493 e. The summed E-state index contributed by atoms with van der Waals surface area (Å²) in [5, 5.41) is 9.80. The first-order valence-electron chi connectivity index (χ1n) is 12.8. The van der Waals surface area contributed by atoms with Gasteiger partial charge in [-0.25, -0.2) is 0 Å². The van der Waals surface area contributed by atoms with E-state index in [1.807, 2.05) is 0 Å². The molecule has 176 valence electrons. The highest BCUT2D eigenvalue weighted by Gasteiger charge is 2.30. The second kappa shape index (κ2) is 9.13. The molecule has 4 heteroatoms. The number of carboxylic acids is 1. The van der Waals surface area contributed by atoms with Crippen LogP contribution in [-0.2, 0) is 30.6 Å². The van der Waals surface area contributed by atoms with Gasteiger partial charge >= 0.3 is 5.97 Å². The first kappa shape index (κ1) is 22.5. The van der Waals surface area contributed by atoms with Crippen molar-refractivity contribution in [2.45, 2.75) is 91.1 Å². The molecule has 3 aliphatic rings. The van der Waals surface area contributed by atoms with Crippen LogP contribution in [0.1, 0.15) is 77.5 Å². The third-order valence-electron chi connectivity index (χ3n) is 8.48.